The molecule has 0 unspecified atom stereocenters. The largest absolute Gasteiger partial charge is 0.393 e. The predicted octanol–water partition coefficient (Wildman–Crippen LogP) is 4.65. The molecule has 4 aliphatic carbocycles. The van der Waals surface area contributed by atoms with Crippen molar-refractivity contribution in [1.29, 1.82) is 0 Å². The summed E-state index contributed by atoms with van der Waals surface area (Å²) < 4.78 is 2.05. The van der Waals surface area contributed by atoms with Crippen molar-refractivity contribution in [2.75, 3.05) is 5.75 Å². The van der Waals surface area contributed by atoms with Crippen molar-refractivity contribution in [2.45, 2.75) is 88.5 Å². The second-order valence-corrected chi connectivity index (χ2v) is 12.2. The van der Waals surface area contributed by atoms with E-state index in [1.165, 1.54) is 32.1 Å². The van der Waals surface area contributed by atoms with E-state index in [-0.39, 0.29) is 11.5 Å². The summed E-state index contributed by atoms with van der Waals surface area (Å²) >= 11 is 1.73. The minimum Gasteiger partial charge on any atom is -0.393 e. The first kappa shape index (κ1) is 20.4. The monoisotopic (exact) mass is 418 g/mol. The summed E-state index contributed by atoms with van der Waals surface area (Å²) in [6, 6.07) is 0. The second kappa shape index (κ2) is 7.00. The number of aryl methyl sites for hydroxylation is 1. The van der Waals surface area contributed by atoms with E-state index < -0.39 is 5.60 Å². The maximum absolute atomic E-state index is 11.9. The van der Waals surface area contributed by atoms with Gasteiger partial charge in [0.2, 0.25) is 0 Å². The molecule has 162 valence electrons. The van der Waals surface area contributed by atoms with Gasteiger partial charge in [-0.2, -0.15) is 0 Å². The summed E-state index contributed by atoms with van der Waals surface area (Å²) in [6.07, 6.45) is 14.1. The van der Waals surface area contributed by atoms with Crippen LogP contribution in [-0.4, -0.2) is 37.2 Å². The van der Waals surface area contributed by atoms with Gasteiger partial charge in [0.25, 0.3) is 0 Å². The van der Waals surface area contributed by atoms with Gasteiger partial charge < -0.3 is 14.8 Å². The molecule has 0 aromatic carbocycles. The number of fused-ring (bicyclic) bond motifs is 5. The van der Waals surface area contributed by atoms with Crippen LogP contribution in [0.2, 0.25) is 0 Å². The Balaban J connectivity index is 1.36. The SMILES string of the molecule is Cn1ccnc1SC[C@@]1(O)CC[C@@H]2[C@@H]3CC[C@H]4C[C@@H](O)CC[C@@]4(C)[C@H]3CC[C@]21C. The summed E-state index contributed by atoms with van der Waals surface area (Å²) in [7, 11) is 2.03. The Kier molecular flexibility index (Phi) is 4.92. The second-order valence-electron chi connectivity index (χ2n) is 11.2. The standard InChI is InChI=1S/C24H38N2O2S/c1-22-9-6-17(27)14-16(22)4-5-18-19(22)7-10-23(2)20(18)8-11-24(23,28)15-29-21-25-12-13-26(21)3/h12-13,16-20,27-28H,4-11,14-15H2,1-3H3/t16-,17-,18+,19-,20+,22+,23+,24-/m0/s1. The number of thioether (sulfide) groups is 1. The molecule has 4 nitrogen and oxygen atoms in total. The van der Waals surface area contributed by atoms with Gasteiger partial charge in [0.1, 0.15) is 0 Å². The molecule has 1 aromatic rings. The summed E-state index contributed by atoms with van der Waals surface area (Å²) in [5.41, 5.74) is -0.143. The third-order valence-electron chi connectivity index (χ3n) is 10.2. The highest BCUT2D eigenvalue weighted by molar-refractivity contribution is 7.99. The predicted molar refractivity (Wildman–Crippen MR) is 117 cm³/mol. The topological polar surface area (TPSA) is 58.3 Å². The molecule has 29 heavy (non-hydrogen) atoms. The Labute approximate surface area is 179 Å². The highest BCUT2D eigenvalue weighted by Gasteiger charge is 2.64. The minimum absolute atomic E-state index is 0.0315. The van der Waals surface area contributed by atoms with Gasteiger partial charge in [-0.25, -0.2) is 4.98 Å². The van der Waals surface area contributed by atoms with Crippen molar-refractivity contribution in [2.24, 2.45) is 41.5 Å². The smallest absolute Gasteiger partial charge is 0.167 e. The van der Waals surface area contributed by atoms with Crippen LogP contribution in [0.25, 0.3) is 0 Å². The fourth-order valence-corrected chi connectivity index (χ4v) is 9.50. The molecule has 0 saturated heterocycles. The molecule has 4 fully saturated rings. The maximum Gasteiger partial charge on any atom is 0.167 e. The van der Waals surface area contributed by atoms with Gasteiger partial charge in [-0.3, -0.25) is 0 Å². The highest BCUT2D eigenvalue weighted by atomic mass is 32.2. The number of rotatable bonds is 3. The number of imidazole rings is 1. The maximum atomic E-state index is 11.9. The lowest BCUT2D eigenvalue weighted by Crippen LogP contribution is -2.57. The first-order valence-corrected chi connectivity index (χ1v) is 12.8. The van der Waals surface area contributed by atoms with Crippen LogP contribution in [-0.2, 0) is 7.05 Å². The molecule has 0 aliphatic heterocycles. The van der Waals surface area contributed by atoms with E-state index in [1.54, 1.807) is 11.8 Å². The fraction of sp³-hybridized carbons (Fsp3) is 0.875. The average molecular weight is 419 g/mol. The Morgan fingerprint density at radius 1 is 1.10 bits per heavy atom. The van der Waals surface area contributed by atoms with E-state index in [2.05, 4.69) is 23.4 Å². The molecule has 0 bridgehead atoms. The molecule has 5 rings (SSSR count). The average Bonchev–Trinajstić information content (AvgIpc) is 3.22. The molecule has 0 spiro atoms. The molecule has 5 heteroatoms. The Hall–Kier alpha value is -0.520. The molecule has 2 N–H and O–H groups in total. The van der Waals surface area contributed by atoms with E-state index in [9.17, 15) is 10.2 Å². The number of hydrogen-bond acceptors (Lipinski definition) is 4. The van der Waals surface area contributed by atoms with Gasteiger partial charge in [-0.1, -0.05) is 25.6 Å². The molecular formula is C24H38N2O2S. The summed E-state index contributed by atoms with van der Waals surface area (Å²) in [6.45, 7) is 4.94. The van der Waals surface area contributed by atoms with Crippen LogP contribution >= 0.6 is 11.8 Å². The Morgan fingerprint density at radius 3 is 2.66 bits per heavy atom. The lowest BCUT2D eigenvalue weighted by atomic mass is 9.44. The van der Waals surface area contributed by atoms with Gasteiger partial charge in [0.05, 0.1) is 11.7 Å². The summed E-state index contributed by atoms with van der Waals surface area (Å²) in [4.78, 5) is 4.45. The van der Waals surface area contributed by atoms with Gasteiger partial charge in [-0.15, -0.1) is 0 Å². The van der Waals surface area contributed by atoms with E-state index in [1.807, 2.05) is 19.4 Å². The van der Waals surface area contributed by atoms with Crippen molar-refractivity contribution in [3.8, 4) is 0 Å². The summed E-state index contributed by atoms with van der Waals surface area (Å²) in [5, 5.41) is 23.1. The third kappa shape index (κ3) is 2.97. The first-order chi connectivity index (χ1) is 13.8. The molecular weight excluding hydrogens is 380 g/mol. The molecule has 4 saturated carbocycles. The normalized spacial score (nSPS) is 49.3. The van der Waals surface area contributed by atoms with Gasteiger partial charge >= 0.3 is 0 Å². The number of nitrogens with zero attached hydrogens (tertiary/aromatic N) is 2. The molecule has 0 amide bonds. The number of aliphatic hydroxyl groups is 2. The van der Waals surface area contributed by atoms with Crippen LogP contribution < -0.4 is 0 Å². The lowest BCUT2D eigenvalue weighted by Gasteiger charge is -2.61. The Bertz CT molecular complexity index is 768. The van der Waals surface area contributed by atoms with Crippen molar-refractivity contribution in [3.63, 3.8) is 0 Å². The fourth-order valence-electron chi connectivity index (χ4n) is 8.26. The van der Waals surface area contributed by atoms with Gasteiger partial charge in [0.15, 0.2) is 5.16 Å². The van der Waals surface area contributed by atoms with Crippen LogP contribution in [0.3, 0.4) is 0 Å². The van der Waals surface area contributed by atoms with Crippen molar-refractivity contribution in [1.82, 2.24) is 9.55 Å². The van der Waals surface area contributed by atoms with Crippen molar-refractivity contribution < 1.29 is 10.2 Å². The molecule has 4 aliphatic rings. The molecule has 8 atom stereocenters. The van der Waals surface area contributed by atoms with Crippen LogP contribution in [0.15, 0.2) is 17.6 Å². The van der Waals surface area contributed by atoms with E-state index >= 15 is 0 Å². The van der Waals surface area contributed by atoms with Crippen LogP contribution in [0, 0.1) is 34.5 Å². The molecule has 1 aromatic heterocycles. The van der Waals surface area contributed by atoms with Crippen LogP contribution in [0.4, 0.5) is 0 Å². The third-order valence-corrected chi connectivity index (χ3v) is 11.5. The number of hydrogen-bond donors (Lipinski definition) is 2. The zero-order valence-electron chi connectivity index (χ0n) is 18.3. The molecule has 0 radical (unpaired) electrons. The highest BCUT2D eigenvalue weighted by Crippen LogP contribution is 2.68. The van der Waals surface area contributed by atoms with Crippen molar-refractivity contribution in [3.05, 3.63) is 12.4 Å². The number of aliphatic hydroxyl groups excluding tert-OH is 1. The summed E-state index contributed by atoms with van der Waals surface area (Å²) in [5.74, 6) is 3.66. The van der Waals surface area contributed by atoms with Crippen LogP contribution in [0.1, 0.15) is 71.6 Å². The number of aromatic nitrogens is 2. The van der Waals surface area contributed by atoms with Gasteiger partial charge in [-0.05, 0) is 86.9 Å². The van der Waals surface area contributed by atoms with E-state index in [4.69, 9.17) is 0 Å². The lowest BCUT2D eigenvalue weighted by molar-refractivity contribution is -0.152. The van der Waals surface area contributed by atoms with E-state index in [0.29, 0.717) is 17.3 Å². The zero-order valence-corrected chi connectivity index (χ0v) is 19.1. The minimum atomic E-state index is -0.584. The first-order valence-electron chi connectivity index (χ1n) is 11.8. The molecule has 1 heterocycles. The van der Waals surface area contributed by atoms with Crippen LogP contribution in [0.5, 0.6) is 0 Å². The zero-order chi connectivity index (χ0) is 20.4. The van der Waals surface area contributed by atoms with Gasteiger partial charge in [0, 0.05) is 30.6 Å². The van der Waals surface area contributed by atoms with E-state index in [0.717, 1.165) is 48.4 Å². The van der Waals surface area contributed by atoms with Crippen molar-refractivity contribution >= 4 is 11.8 Å². The quantitative estimate of drug-likeness (QED) is 0.702. The Morgan fingerprint density at radius 2 is 1.90 bits per heavy atom.